The topological polar surface area (TPSA) is 154 Å². The normalized spacial score (nSPS) is 11.5. The van der Waals surface area contributed by atoms with Crippen molar-refractivity contribution >= 4 is 39.1 Å². The molecule has 43 heavy (non-hydrogen) atoms. The van der Waals surface area contributed by atoms with Crippen LogP contribution in [0.5, 0.6) is 11.6 Å². The summed E-state index contributed by atoms with van der Waals surface area (Å²) in [5.41, 5.74) is 4.08. The standard InChI is InChI=1S/C30H34N6O6S/c1-18-9-8-10-22(13-18)31-29(38)42-26-17-36(35-33-26)25-14-20(12-11-19(25)2)28(37)32-23-15-21(30(3,4)5)16-24(27(23)41-6)34-43(7,39)40/h8-17,34H,1-7H3,(H,31,38)(H,32,37). The maximum atomic E-state index is 13.5. The van der Waals surface area contributed by atoms with Crippen LogP contribution in [0.15, 0.2) is 60.8 Å². The lowest BCUT2D eigenvalue weighted by atomic mass is 9.86. The van der Waals surface area contributed by atoms with Crippen molar-refractivity contribution in [3.05, 3.63) is 83.0 Å². The van der Waals surface area contributed by atoms with E-state index in [1.807, 2.05) is 46.8 Å². The van der Waals surface area contributed by atoms with Crippen LogP contribution in [0.4, 0.5) is 21.9 Å². The zero-order valence-electron chi connectivity index (χ0n) is 25.0. The fraction of sp³-hybridized carbons (Fsp3) is 0.267. The Labute approximate surface area is 250 Å². The summed E-state index contributed by atoms with van der Waals surface area (Å²) in [6.07, 6.45) is 1.75. The van der Waals surface area contributed by atoms with Crippen LogP contribution in [-0.4, -0.2) is 48.8 Å². The van der Waals surface area contributed by atoms with Gasteiger partial charge in [-0.1, -0.05) is 49.3 Å². The smallest absolute Gasteiger partial charge is 0.418 e. The fourth-order valence-electron chi connectivity index (χ4n) is 4.22. The largest absolute Gasteiger partial charge is 0.492 e. The number of amides is 2. The van der Waals surface area contributed by atoms with Gasteiger partial charge < -0.3 is 14.8 Å². The lowest BCUT2D eigenvalue weighted by Gasteiger charge is -2.24. The van der Waals surface area contributed by atoms with Gasteiger partial charge in [0.2, 0.25) is 10.0 Å². The molecule has 1 aromatic heterocycles. The second-order valence-corrected chi connectivity index (χ2v) is 12.8. The number of aryl methyl sites for hydroxylation is 2. The third kappa shape index (κ3) is 7.89. The Morgan fingerprint density at radius 3 is 2.33 bits per heavy atom. The molecule has 13 heteroatoms. The van der Waals surface area contributed by atoms with Crippen molar-refractivity contribution in [1.82, 2.24) is 15.0 Å². The van der Waals surface area contributed by atoms with Gasteiger partial charge in [-0.25, -0.2) is 17.9 Å². The molecule has 12 nitrogen and oxygen atoms in total. The Morgan fingerprint density at radius 2 is 1.67 bits per heavy atom. The quantitative estimate of drug-likeness (QED) is 0.240. The van der Waals surface area contributed by atoms with E-state index in [0.29, 0.717) is 17.1 Å². The van der Waals surface area contributed by atoms with Crippen LogP contribution in [0.3, 0.4) is 0 Å². The van der Waals surface area contributed by atoms with Gasteiger partial charge in [0.05, 0.1) is 36.6 Å². The summed E-state index contributed by atoms with van der Waals surface area (Å²) in [4.78, 5) is 25.8. The summed E-state index contributed by atoms with van der Waals surface area (Å²) in [6.45, 7) is 9.66. The van der Waals surface area contributed by atoms with Crippen molar-refractivity contribution in [2.24, 2.45) is 0 Å². The van der Waals surface area contributed by atoms with E-state index in [4.69, 9.17) is 9.47 Å². The van der Waals surface area contributed by atoms with Crippen molar-refractivity contribution in [3.63, 3.8) is 0 Å². The zero-order chi connectivity index (χ0) is 31.5. The monoisotopic (exact) mass is 606 g/mol. The minimum atomic E-state index is -3.63. The van der Waals surface area contributed by atoms with Gasteiger partial charge in [-0.3, -0.25) is 14.8 Å². The minimum absolute atomic E-state index is 0.0333. The second-order valence-electron chi connectivity index (χ2n) is 11.1. The first-order chi connectivity index (χ1) is 20.1. The van der Waals surface area contributed by atoms with E-state index in [-0.39, 0.29) is 28.3 Å². The number of nitrogens with zero attached hydrogens (tertiary/aromatic N) is 3. The lowest BCUT2D eigenvalue weighted by molar-refractivity contribution is 0.102. The Morgan fingerprint density at radius 1 is 0.953 bits per heavy atom. The zero-order valence-corrected chi connectivity index (χ0v) is 25.8. The summed E-state index contributed by atoms with van der Waals surface area (Å²) >= 11 is 0. The number of sulfonamides is 1. The number of anilines is 3. The number of aromatic nitrogens is 3. The molecule has 2 amide bonds. The van der Waals surface area contributed by atoms with Crippen LogP contribution in [0.25, 0.3) is 5.69 Å². The predicted molar refractivity (Wildman–Crippen MR) is 165 cm³/mol. The van der Waals surface area contributed by atoms with E-state index in [2.05, 4.69) is 25.7 Å². The molecule has 3 aromatic carbocycles. The predicted octanol–water partition coefficient (Wildman–Crippen LogP) is 5.42. The molecule has 0 spiro atoms. The van der Waals surface area contributed by atoms with Crippen molar-refractivity contribution in [3.8, 4) is 17.3 Å². The molecule has 1 heterocycles. The molecular weight excluding hydrogens is 572 g/mol. The number of rotatable bonds is 8. The molecule has 0 unspecified atom stereocenters. The van der Waals surface area contributed by atoms with Gasteiger partial charge >= 0.3 is 6.09 Å². The summed E-state index contributed by atoms with van der Waals surface area (Å²) in [6, 6.07) is 15.7. The van der Waals surface area contributed by atoms with Crippen LogP contribution >= 0.6 is 0 Å². The molecular formula is C30H34N6O6S. The van der Waals surface area contributed by atoms with Crippen molar-refractivity contribution in [1.29, 1.82) is 0 Å². The molecule has 0 bridgehead atoms. The third-order valence-electron chi connectivity index (χ3n) is 6.35. The maximum Gasteiger partial charge on any atom is 0.418 e. The Kier molecular flexibility index (Phi) is 8.76. The number of benzene rings is 3. The Hall–Kier alpha value is -4.91. The van der Waals surface area contributed by atoms with Crippen LogP contribution in [0.1, 0.15) is 47.8 Å². The average Bonchev–Trinajstić information content (AvgIpc) is 3.35. The first-order valence-corrected chi connectivity index (χ1v) is 15.1. The second kappa shape index (κ2) is 12.1. The molecule has 0 fully saturated rings. The van der Waals surface area contributed by atoms with Gasteiger partial charge in [0.25, 0.3) is 11.8 Å². The highest BCUT2D eigenvalue weighted by atomic mass is 32.2. The summed E-state index contributed by atoms with van der Waals surface area (Å²) in [7, 11) is -2.23. The highest BCUT2D eigenvalue weighted by molar-refractivity contribution is 7.92. The van der Waals surface area contributed by atoms with Gasteiger partial charge in [-0.05, 0) is 72.4 Å². The third-order valence-corrected chi connectivity index (χ3v) is 6.95. The molecule has 0 aliphatic carbocycles. The fourth-order valence-corrected chi connectivity index (χ4v) is 4.77. The Balaban J connectivity index is 1.59. The molecule has 226 valence electrons. The van der Waals surface area contributed by atoms with E-state index >= 15 is 0 Å². The van der Waals surface area contributed by atoms with E-state index in [1.165, 1.54) is 18.0 Å². The van der Waals surface area contributed by atoms with Gasteiger partial charge in [-0.2, -0.15) is 0 Å². The number of carbonyl (C=O) groups excluding carboxylic acids is 2. The molecule has 0 radical (unpaired) electrons. The molecule has 0 saturated heterocycles. The van der Waals surface area contributed by atoms with Gasteiger partial charge in [0.15, 0.2) is 5.75 Å². The SMILES string of the molecule is COc1c(NC(=O)c2ccc(C)c(-n3cc(OC(=O)Nc4cccc(C)c4)nn3)c2)cc(C(C)(C)C)cc1NS(C)(=O)=O. The van der Waals surface area contributed by atoms with E-state index < -0.39 is 22.0 Å². The molecule has 4 rings (SSSR count). The van der Waals surface area contributed by atoms with Crippen molar-refractivity contribution < 1.29 is 27.5 Å². The van der Waals surface area contributed by atoms with Crippen LogP contribution in [0, 0.1) is 13.8 Å². The minimum Gasteiger partial charge on any atom is -0.492 e. The van der Waals surface area contributed by atoms with Crippen molar-refractivity contribution in [2.75, 3.05) is 28.7 Å². The molecule has 3 N–H and O–H groups in total. The van der Waals surface area contributed by atoms with E-state index in [0.717, 1.165) is 22.9 Å². The molecule has 0 aliphatic heterocycles. The van der Waals surface area contributed by atoms with Gasteiger partial charge in [0.1, 0.15) is 0 Å². The number of ether oxygens (including phenoxy) is 2. The molecule has 0 saturated carbocycles. The number of hydrogen-bond donors (Lipinski definition) is 3. The van der Waals surface area contributed by atoms with Gasteiger partial charge in [0, 0.05) is 11.3 Å². The molecule has 0 atom stereocenters. The van der Waals surface area contributed by atoms with Crippen LogP contribution < -0.4 is 24.8 Å². The highest BCUT2D eigenvalue weighted by Gasteiger charge is 2.23. The number of nitrogens with one attached hydrogen (secondary N) is 3. The molecule has 0 aliphatic rings. The van der Waals surface area contributed by atoms with Crippen molar-refractivity contribution in [2.45, 2.75) is 40.0 Å². The van der Waals surface area contributed by atoms with Gasteiger partial charge in [-0.15, -0.1) is 0 Å². The Bertz CT molecular complexity index is 1790. The first-order valence-electron chi connectivity index (χ1n) is 13.2. The van der Waals surface area contributed by atoms with Crippen LogP contribution in [0.2, 0.25) is 0 Å². The number of hydrogen-bond acceptors (Lipinski definition) is 8. The summed E-state index contributed by atoms with van der Waals surface area (Å²) in [5, 5.41) is 13.5. The van der Waals surface area contributed by atoms with Crippen LogP contribution in [-0.2, 0) is 15.4 Å². The highest BCUT2D eigenvalue weighted by Crippen LogP contribution is 2.39. The summed E-state index contributed by atoms with van der Waals surface area (Å²) < 4.78 is 38.8. The van der Waals surface area contributed by atoms with E-state index in [9.17, 15) is 18.0 Å². The maximum absolute atomic E-state index is 13.5. The van der Waals surface area contributed by atoms with E-state index in [1.54, 1.807) is 42.5 Å². The summed E-state index contributed by atoms with van der Waals surface area (Å²) in [5.74, 6) is -0.333. The number of carbonyl (C=O) groups is 2. The molecule has 4 aromatic rings. The first kappa shape index (κ1) is 31.0. The lowest BCUT2D eigenvalue weighted by Crippen LogP contribution is -2.18. The average molecular weight is 607 g/mol. The number of methoxy groups -OCH3 is 1.